The van der Waals surface area contributed by atoms with E-state index >= 15 is 0 Å². The zero-order valence-corrected chi connectivity index (χ0v) is 12.5. The summed E-state index contributed by atoms with van der Waals surface area (Å²) in [4.78, 5) is 2.90. The summed E-state index contributed by atoms with van der Waals surface area (Å²) < 4.78 is 0. The van der Waals surface area contributed by atoms with Crippen molar-refractivity contribution in [3.05, 3.63) is 57.3 Å². The Kier molecular flexibility index (Phi) is 4.85. The number of halogens is 1. The van der Waals surface area contributed by atoms with Crippen molar-refractivity contribution in [3.8, 4) is 0 Å². The van der Waals surface area contributed by atoms with Crippen LogP contribution in [0, 0.1) is 6.92 Å². The minimum absolute atomic E-state index is 0.427. The van der Waals surface area contributed by atoms with Crippen LogP contribution in [0.3, 0.4) is 0 Å². The molecule has 0 nitrogen and oxygen atoms in total. The molecule has 96 valence electrons. The average Bonchev–Trinajstić information content (AvgIpc) is 2.85. The first-order valence-corrected chi connectivity index (χ1v) is 7.78. The first kappa shape index (κ1) is 13.6. The molecule has 2 aromatic rings. The quantitative estimate of drug-likeness (QED) is 0.661. The second-order valence-electron chi connectivity index (χ2n) is 4.69. The summed E-state index contributed by atoms with van der Waals surface area (Å²) in [5.74, 6) is 1.11. The van der Waals surface area contributed by atoms with Crippen molar-refractivity contribution >= 4 is 22.9 Å². The Balaban J connectivity index is 2.11. The zero-order chi connectivity index (χ0) is 13.0. The van der Waals surface area contributed by atoms with Gasteiger partial charge in [0.2, 0.25) is 0 Å². The minimum Gasteiger partial charge on any atom is -0.145 e. The van der Waals surface area contributed by atoms with Crippen LogP contribution in [0.15, 0.2) is 36.4 Å². The predicted octanol–water partition coefficient (Wildman–Crippen LogP) is 5.18. The van der Waals surface area contributed by atoms with Crippen LogP contribution in [-0.4, -0.2) is 5.88 Å². The largest absolute Gasteiger partial charge is 0.145 e. The van der Waals surface area contributed by atoms with Crippen molar-refractivity contribution in [2.75, 3.05) is 5.88 Å². The Hall–Kier alpha value is -0.790. The lowest BCUT2D eigenvalue weighted by atomic mass is 9.96. The maximum absolute atomic E-state index is 6.14. The summed E-state index contributed by atoms with van der Waals surface area (Å²) in [6.07, 6.45) is 2.18. The van der Waals surface area contributed by atoms with E-state index in [1.165, 1.54) is 20.9 Å². The molecule has 1 atom stereocenters. The van der Waals surface area contributed by atoms with E-state index < -0.39 is 0 Å². The molecule has 18 heavy (non-hydrogen) atoms. The number of hydrogen-bond donors (Lipinski definition) is 0. The Morgan fingerprint density at radius 2 is 1.72 bits per heavy atom. The number of thiophene rings is 1. The molecule has 1 heterocycles. The van der Waals surface area contributed by atoms with Gasteiger partial charge in [-0.05, 0) is 37.5 Å². The molecule has 1 unspecified atom stereocenters. The van der Waals surface area contributed by atoms with Crippen LogP contribution < -0.4 is 0 Å². The fraction of sp³-hybridized carbons (Fsp3) is 0.375. The number of benzene rings is 1. The van der Waals surface area contributed by atoms with E-state index in [4.69, 9.17) is 11.6 Å². The van der Waals surface area contributed by atoms with Crippen LogP contribution >= 0.6 is 22.9 Å². The lowest BCUT2D eigenvalue weighted by Gasteiger charge is -2.13. The number of rotatable bonds is 5. The first-order chi connectivity index (χ1) is 8.72. The molecule has 0 N–H and O–H groups in total. The van der Waals surface area contributed by atoms with Crippen molar-refractivity contribution in [1.29, 1.82) is 0 Å². The van der Waals surface area contributed by atoms with Gasteiger partial charge in [0, 0.05) is 21.6 Å². The first-order valence-electron chi connectivity index (χ1n) is 6.43. The molecule has 0 aliphatic heterocycles. The van der Waals surface area contributed by atoms with Crippen LogP contribution in [0.25, 0.3) is 0 Å². The molecule has 0 saturated carbocycles. The monoisotopic (exact) mass is 278 g/mol. The molecule has 0 saturated heterocycles. The summed E-state index contributed by atoms with van der Waals surface area (Å²) in [5, 5.41) is 0. The lowest BCUT2D eigenvalue weighted by molar-refractivity contribution is 0.776. The molecule has 1 aromatic carbocycles. The molecule has 2 heteroatoms. The Labute approximate surface area is 119 Å². The van der Waals surface area contributed by atoms with Gasteiger partial charge < -0.3 is 0 Å². The van der Waals surface area contributed by atoms with E-state index in [2.05, 4.69) is 50.2 Å². The summed E-state index contributed by atoms with van der Waals surface area (Å²) in [6, 6.07) is 13.2. The third kappa shape index (κ3) is 3.37. The summed E-state index contributed by atoms with van der Waals surface area (Å²) in [7, 11) is 0. The van der Waals surface area contributed by atoms with Gasteiger partial charge in [-0.25, -0.2) is 0 Å². The molecule has 2 rings (SSSR count). The van der Waals surface area contributed by atoms with Gasteiger partial charge in [0.1, 0.15) is 0 Å². The maximum Gasteiger partial charge on any atom is 0.0295 e. The molecule has 0 amide bonds. The Morgan fingerprint density at radius 1 is 1.06 bits per heavy atom. The van der Waals surface area contributed by atoms with E-state index in [9.17, 15) is 0 Å². The minimum atomic E-state index is 0.427. The highest BCUT2D eigenvalue weighted by molar-refractivity contribution is 7.11. The number of hydrogen-bond acceptors (Lipinski definition) is 1. The third-order valence-corrected chi connectivity index (χ3v) is 4.87. The molecule has 0 aliphatic rings. The topological polar surface area (TPSA) is 0 Å². The molecule has 0 aliphatic carbocycles. The SMILES string of the molecule is CCc1ccc(CC(CCl)c2ccc(C)cc2)s1. The number of alkyl halides is 1. The second-order valence-corrected chi connectivity index (χ2v) is 6.25. The van der Waals surface area contributed by atoms with Gasteiger partial charge in [-0.2, -0.15) is 0 Å². The fourth-order valence-electron chi connectivity index (χ4n) is 2.07. The van der Waals surface area contributed by atoms with Gasteiger partial charge in [0.05, 0.1) is 0 Å². The van der Waals surface area contributed by atoms with Gasteiger partial charge in [-0.1, -0.05) is 36.8 Å². The molecular formula is C16H19ClS. The summed E-state index contributed by atoms with van der Waals surface area (Å²) >= 11 is 8.05. The van der Waals surface area contributed by atoms with Gasteiger partial charge in [-0.3, -0.25) is 0 Å². The van der Waals surface area contributed by atoms with Gasteiger partial charge in [-0.15, -0.1) is 22.9 Å². The van der Waals surface area contributed by atoms with Crippen molar-refractivity contribution in [2.45, 2.75) is 32.6 Å². The van der Waals surface area contributed by atoms with E-state index in [-0.39, 0.29) is 0 Å². The van der Waals surface area contributed by atoms with Crippen LogP contribution in [0.4, 0.5) is 0 Å². The van der Waals surface area contributed by atoms with E-state index in [1.807, 2.05) is 11.3 Å². The zero-order valence-electron chi connectivity index (χ0n) is 10.9. The van der Waals surface area contributed by atoms with Crippen molar-refractivity contribution in [1.82, 2.24) is 0 Å². The van der Waals surface area contributed by atoms with Crippen LogP contribution in [0.2, 0.25) is 0 Å². The molecule has 0 spiro atoms. The van der Waals surface area contributed by atoms with Gasteiger partial charge in [0.15, 0.2) is 0 Å². The molecular weight excluding hydrogens is 260 g/mol. The molecule has 0 radical (unpaired) electrons. The fourth-order valence-corrected chi connectivity index (χ4v) is 3.39. The molecule has 0 bridgehead atoms. The highest BCUT2D eigenvalue weighted by atomic mass is 35.5. The smallest absolute Gasteiger partial charge is 0.0295 e. The molecule has 1 aromatic heterocycles. The van der Waals surface area contributed by atoms with Crippen LogP contribution in [0.1, 0.15) is 33.7 Å². The van der Waals surface area contributed by atoms with Gasteiger partial charge in [0.25, 0.3) is 0 Å². The van der Waals surface area contributed by atoms with Crippen molar-refractivity contribution in [2.24, 2.45) is 0 Å². The van der Waals surface area contributed by atoms with E-state index in [1.54, 1.807) is 0 Å². The lowest BCUT2D eigenvalue weighted by Crippen LogP contribution is -2.03. The summed E-state index contributed by atoms with van der Waals surface area (Å²) in [5.41, 5.74) is 2.65. The van der Waals surface area contributed by atoms with Gasteiger partial charge >= 0.3 is 0 Å². The highest BCUT2D eigenvalue weighted by Crippen LogP contribution is 2.27. The Morgan fingerprint density at radius 3 is 2.28 bits per heavy atom. The summed E-state index contributed by atoms with van der Waals surface area (Å²) in [6.45, 7) is 4.32. The predicted molar refractivity (Wildman–Crippen MR) is 82.0 cm³/mol. The normalized spacial score (nSPS) is 12.6. The molecule has 0 fully saturated rings. The van der Waals surface area contributed by atoms with Crippen molar-refractivity contribution in [3.63, 3.8) is 0 Å². The second kappa shape index (κ2) is 6.40. The Bertz CT molecular complexity index is 484. The standard InChI is InChI=1S/C16H19ClS/c1-3-15-8-9-16(18-15)10-14(11-17)13-6-4-12(2)5-7-13/h4-9,14H,3,10-11H2,1-2H3. The van der Waals surface area contributed by atoms with E-state index in [0.29, 0.717) is 11.8 Å². The van der Waals surface area contributed by atoms with E-state index in [0.717, 1.165) is 12.8 Å². The van der Waals surface area contributed by atoms with Crippen LogP contribution in [-0.2, 0) is 12.8 Å². The highest BCUT2D eigenvalue weighted by Gasteiger charge is 2.12. The van der Waals surface area contributed by atoms with Crippen LogP contribution in [0.5, 0.6) is 0 Å². The average molecular weight is 279 g/mol. The van der Waals surface area contributed by atoms with Crippen molar-refractivity contribution < 1.29 is 0 Å². The number of aryl methyl sites for hydroxylation is 2. The third-order valence-electron chi connectivity index (χ3n) is 3.25. The maximum atomic E-state index is 6.14.